The molecule has 5 rings (SSSR count). The van der Waals surface area contributed by atoms with Crippen LogP contribution in [0.1, 0.15) is 24.1 Å². The Balaban J connectivity index is 1.35. The minimum atomic E-state index is -0.239. The van der Waals surface area contributed by atoms with Crippen LogP contribution in [0.25, 0.3) is 22.3 Å². The SMILES string of the molecule is CC(Nc1ncnc2[nH]c(-c3ccc(CN4CCOCC4)cc3)cc12)c1ccc(F)cc1. The lowest BCUT2D eigenvalue weighted by atomic mass is 10.1. The van der Waals surface area contributed by atoms with Gasteiger partial charge in [-0.2, -0.15) is 0 Å². The molecule has 1 saturated heterocycles. The van der Waals surface area contributed by atoms with Gasteiger partial charge in [-0.1, -0.05) is 36.4 Å². The quantitative estimate of drug-likeness (QED) is 0.460. The molecule has 0 aliphatic carbocycles. The summed E-state index contributed by atoms with van der Waals surface area (Å²) in [6.45, 7) is 6.55. The molecule has 164 valence electrons. The first kappa shape index (κ1) is 20.6. The van der Waals surface area contributed by atoms with Crippen LogP contribution >= 0.6 is 0 Å². The molecule has 1 aliphatic rings. The summed E-state index contributed by atoms with van der Waals surface area (Å²) in [4.78, 5) is 14.7. The van der Waals surface area contributed by atoms with Crippen molar-refractivity contribution in [1.82, 2.24) is 19.9 Å². The van der Waals surface area contributed by atoms with Gasteiger partial charge in [-0.05, 0) is 41.8 Å². The zero-order valence-corrected chi connectivity index (χ0v) is 18.0. The van der Waals surface area contributed by atoms with Gasteiger partial charge in [0.25, 0.3) is 0 Å². The zero-order chi connectivity index (χ0) is 21.9. The standard InChI is InChI=1S/C25H26FN5O/c1-17(19-6-8-21(26)9-7-19)29-24-22-14-23(30-25(22)28-16-27-24)20-4-2-18(3-5-20)15-31-10-12-32-13-11-31/h2-9,14,16-17H,10-13,15H2,1H3,(H2,27,28,29,30). The molecule has 0 spiro atoms. The Bertz CT molecular complexity index is 1180. The van der Waals surface area contributed by atoms with E-state index in [2.05, 4.69) is 55.5 Å². The van der Waals surface area contributed by atoms with E-state index in [1.54, 1.807) is 18.5 Å². The molecule has 1 aliphatic heterocycles. The molecular weight excluding hydrogens is 405 g/mol. The number of anilines is 1. The summed E-state index contributed by atoms with van der Waals surface area (Å²) in [5, 5.41) is 4.36. The summed E-state index contributed by atoms with van der Waals surface area (Å²) in [5.74, 6) is 0.509. The van der Waals surface area contributed by atoms with Crippen molar-refractivity contribution in [2.24, 2.45) is 0 Å². The first-order chi connectivity index (χ1) is 15.7. The molecule has 6 nitrogen and oxygen atoms in total. The van der Waals surface area contributed by atoms with Crippen molar-refractivity contribution in [3.8, 4) is 11.3 Å². The van der Waals surface area contributed by atoms with Gasteiger partial charge in [0.05, 0.1) is 18.6 Å². The first-order valence-electron chi connectivity index (χ1n) is 10.9. The van der Waals surface area contributed by atoms with Gasteiger partial charge < -0.3 is 15.0 Å². The van der Waals surface area contributed by atoms with Crippen LogP contribution < -0.4 is 5.32 Å². The predicted octanol–water partition coefficient (Wildman–Crippen LogP) is 4.77. The Morgan fingerprint density at radius 3 is 2.56 bits per heavy atom. The number of ether oxygens (including phenoxy) is 1. The van der Waals surface area contributed by atoms with Crippen LogP contribution in [0.2, 0.25) is 0 Å². The highest BCUT2D eigenvalue weighted by molar-refractivity contribution is 5.91. The van der Waals surface area contributed by atoms with E-state index in [-0.39, 0.29) is 11.9 Å². The molecule has 0 bridgehead atoms. The first-order valence-corrected chi connectivity index (χ1v) is 10.9. The molecule has 32 heavy (non-hydrogen) atoms. The molecule has 1 atom stereocenters. The molecular formula is C25H26FN5O. The molecule has 7 heteroatoms. The van der Waals surface area contributed by atoms with E-state index in [0.717, 1.165) is 66.5 Å². The van der Waals surface area contributed by atoms with Gasteiger partial charge in [-0.3, -0.25) is 4.90 Å². The van der Waals surface area contributed by atoms with Gasteiger partial charge in [0.2, 0.25) is 0 Å². The van der Waals surface area contributed by atoms with Crippen LogP contribution in [-0.2, 0) is 11.3 Å². The number of aromatic amines is 1. The molecule has 1 fully saturated rings. The van der Waals surface area contributed by atoms with E-state index in [4.69, 9.17) is 4.74 Å². The van der Waals surface area contributed by atoms with Crippen molar-refractivity contribution in [3.63, 3.8) is 0 Å². The van der Waals surface area contributed by atoms with Gasteiger partial charge in [-0.15, -0.1) is 0 Å². The largest absolute Gasteiger partial charge is 0.379 e. The number of fused-ring (bicyclic) bond motifs is 1. The molecule has 2 aromatic heterocycles. The van der Waals surface area contributed by atoms with Crippen molar-refractivity contribution in [3.05, 3.63) is 77.9 Å². The highest BCUT2D eigenvalue weighted by Gasteiger charge is 2.14. The maximum Gasteiger partial charge on any atom is 0.143 e. The van der Waals surface area contributed by atoms with Crippen LogP contribution in [0.15, 0.2) is 60.9 Å². The van der Waals surface area contributed by atoms with Crippen LogP contribution in [0.3, 0.4) is 0 Å². The van der Waals surface area contributed by atoms with Gasteiger partial charge in [-0.25, -0.2) is 14.4 Å². The molecule has 2 aromatic carbocycles. The number of benzene rings is 2. The van der Waals surface area contributed by atoms with E-state index in [0.29, 0.717) is 0 Å². The van der Waals surface area contributed by atoms with E-state index < -0.39 is 0 Å². The lowest BCUT2D eigenvalue weighted by molar-refractivity contribution is 0.0342. The van der Waals surface area contributed by atoms with Crippen molar-refractivity contribution in [2.75, 3.05) is 31.6 Å². The second kappa shape index (κ2) is 9.06. The van der Waals surface area contributed by atoms with Crippen LogP contribution in [0.5, 0.6) is 0 Å². The second-order valence-electron chi connectivity index (χ2n) is 8.17. The van der Waals surface area contributed by atoms with E-state index in [9.17, 15) is 4.39 Å². The summed E-state index contributed by atoms with van der Waals surface area (Å²) in [5.41, 5.74) is 5.16. The van der Waals surface area contributed by atoms with E-state index >= 15 is 0 Å². The highest BCUT2D eigenvalue weighted by atomic mass is 19.1. The number of halogens is 1. The van der Waals surface area contributed by atoms with Crippen molar-refractivity contribution in [1.29, 1.82) is 0 Å². The molecule has 3 heterocycles. The lowest BCUT2D eigenvalue weighted by Crippen LogP contribution is -2.35. The smallest absolute Gasteiger partial charge is 0.143 e. The number of nitrogens with zero attached hydrogens (tertiary/aromatic N) is 3. The zero-order valence-electron chi connectivity index (χ0n) is 18.0. The predicted molar refractivity (Wildman–Crippen MR) is 124 cm³/mol. The summed E-state index contributed by atoms with van der Waals surface area (Å²) < 4.78 is 18.7. The number of morpholine rings is 1. The minimum Gasteiger partial charge on any atom is -0.379 e. The summed E-state index contributed by atoms with van der Waals surface area (Å²) >= 11 is 0. The van der Waals surface area contributed by atoms with Gasteiger partial charge in [0.15, 0.2) is 0 Å². The number of aromatic nitrogens is 3. The number of hydrogen-bond donors (Lipinski definition) is 2. The lowest BCUT2D eigenvalue weighted by Gasteiger charge is -2.26. The summed E-state index contributed by atoms with van der Waals surface area (Å²) in [7, 11) is 0. The normalized spacial score (nSPS) is 15.7. The molecule has 0 radical (unpaired) electrons. The Labute approximate surface area is 186 Å². The molecule has 2 N–H and O–H groups in total. The van der Waals surface area contributed by atoms with E-state index in [1.165, 1.54) is 17.7 Å². The minimum absolute atomic E-state index is 0.0217. The molecule has 4 aromatic rings. The fraction of sp³-hybridized carbons (Fsp3) is 0.280. The summed E-state index contributed by atoms with van der Waals surface area (Å²) in [6.07, 6.45) is 1.55. The fourth-order valence-corrected chi connectivity index (χ4v) is 4.06. The Morgan fingerprint density at radius 1 is 1.06 bits per heavy atom. The fourth-order valence-electron chi connectivity index (χ4n) is 4.06. The third-order valence-electron chi connectivity index (χ3n) is 5.92. The third-order valence-corrected chi connectivity index (χ3v) is 5.92. The van der Waals surface area contributed by atoms with Crippen LogP contribution in [-0.4, -0.2) is 46.2 Å². The Hall–Kier alpha value is -3.29. The van der Waals surface area contributed by atoms with Crippen molar-refractivity contribution in [2.45, 2.75) is 19.5 Å². The maximum absolute atomic E-state index is 13.2. The van der Waals surface area contributed by atoms with Crippen molar-refractivity contribution < 1.29 is 9.13 Å². The van der Waals surface area contributed by atoms with Gasteiger partial charge >= 0.3 is 0 Å². The number of hydrogen-bond acceptors (Lipinski definition) is 5. The molecule has 0 amide bonds. The topological polar surface area (TPSA) is 66.1 Å². The highest BCUT2D eigenvalue weighted by Crippen LogP contribution is 2.29. The monoisotopic (exact) mass is 431 g/mol. The van der Waals surface area contributed by atoms with Crippen molar-refractivity contribution >= 4 is 16.9 Å². The second-order valence-corrected chi connectivity index (χ2v) is 8.17. The van der Waals surface area contributed by atoms with Crippen LogP contribution in [0.4, 0.5) is 10.2 Å². The maximum atomic E-state index is 13.2. The number of rotatable bonds is 6. The third kappa shape index (κ3) is 4.49. The Morgan fingerprint density at radius 2 is 1.81 bits per heavy atom. The Kier molecular flexibility index (Phi) is 5.83. The molecule has 1 unspecified atom stereocenters. The van der Waals surface area contributed by atoms with Crippen LogP contribution in [0, 0.1) is 5.82 Å². The van der Waals surface area contributed by atoms with Gasteiger partial charge in [0.1, 0.15) is 23.6 Å². The van der Waals surface area contributed by atoms with Gasteiger partial charge in [0, 0.05) is 31.4 Å². The van der Waals surface area contributed by atoms with E-state index in [1.807, 2.05) is 6.92 Å². The molecule has 0 saturated carbocycles. The number of nitrogens with one attached hydrogen (secondary N) is 2. The summed E-state index contributed by atoms with van der Waals surface area (Å²) in [6, 6.07) is 17.2. The number of H-pyrrole nitrogens is 1. The average Bonchev–Trinajstić information content (AvgIpc) is 3.26. The average molecular weight is 432 g/mol.